The highest BCUT2D eigenvalue weighted by Crippen LogP contribution is 2.47. The Morgan fingerprint density at radius 3 is 0.467 bits per heavy atom. The van der Waals surface area contributed by atoms with Gasteiger partial charge in [-0.2, -0.15) is 0 Å². The number of hydrogen-bond donors (Lipinski definition) is 0. The minimum Gasteiger partial charge on any atom is -0.0654 e. The van der Waals surface area contributed by atoms with Crippen LogP contribution >= 0.6 is 7.26 Å². The minimum atomic E-state index is -0.522. The van der Waals surface area contributed by atoms with Gasteiger partial charge < -0.3 is 0 Å². The fourth-order valence-corrected chi connectivity index (χ4v) is 8.37. The summed E-state index contributed by atoms with van der Waals surface area (Å²) in [7, 11) is -0.522. The van der Waals surface area contributed by atoms with Gasteiger partial charge in [-0.25, -0.2) is 0 Å². The van der Waals surface area contributed by atoms with Crippen molar-refractivity contribution in [2.75, 3.05) is 26.2 Å². The van der Waals surface area contributed by atoms with Gasteiger partial charge in [0.2, 0.25) is 0 Å². The van der Waals surface area contributed by atoms with E-state index in [1.54, 1.807) is 0 Å². The Kier molecular flexibility index (Phi) is 39.2. The van der Waals surface area contributed by atoms with Crippen molar-refractivity contribution in [2.24, 2.45) is 0 Å². The molecule has 0 unspecified atom stereocenters. The van der Waals surface area contributed by atoms with Gasteiger partial charge in [-0.1, -0.05) is 244 Å². The molecule has 272 valence electrons. The average Bonchev–Trinajstić information content (AvgIpc) is 3.01. The van der Waals surface area contributed by atoms with Gasteiger partial charge in [-0.15, -0.1) is 0 Å². The van der Waals surface area contributed by atoms with Crippen LogP contribution in [0.2, 0.25) is 0 Å². The van der Waals surface area contributed by atoms with Crippen LogP contribution in [0.25, 0.3) is 0 Å². The first-order valence-corrected chi connectivity index (χ1v) is 25.2. The fourth-order valence-electron chi connectivity index (χ4n) is 7.20. The smallest absolute Gasteiger partial charge is 0.0586 e. The van der Waals surface area contributed by atoms with E-state index in [1.165, 1.54) is 257 Å². The lowest BCUT2D eigenvalue weighted by Gasteiger charge is -2.10. The van der Waals surface area contributed by atoms with E-state index in [-0.39, 0.29) is 0 Å². The lowest BCUT2D eigenvalue weighted by atomic mass is 10.0. The Labute approximate surface area is 290 Å². The first-order chi connectivity index (χ1) is 22.1. The van der Waals surface area contributed by atoms with Gasteiger partial charge in [0.1, 0.15) is 0 Å². The molecule has 0 aromatic heterocycles. The van der Waals surface area contributed by atoms with Crippen molar-refractivity contribution in [1.82, 2.24) is 0 Å². The molecule has 0 spiro atoms. The fraction of sp³-hybridized carbons (Fsp3) is 1.00. The van der Waals surface area contributed by atoms with Crippen LogP contribution in [0.15, 0.2) is 0 Å². The average molecular weight is 652 g/mol. The summed E-state index contributed by atoms with van der Waals surface area (Å²) in [4.78, 5) is 0. The van der Waals surface area contributed by atoms with Crippen molar-refractivity contribution in [2.45, 2.75) is 257 Å². The summed E-state index contributed by atoms with van der Waals surface area (Å²) in [6.07, 6.45) is 59.6. The van der Waals surface area contributed by atoms with Gasteiger partial charge in [0.05, 0.1) is 6.16 Å². The van der Waals surface area contributed by atoms with E-state index >= 15 is 0 Å². The van der Waals surface area contributed by atoms with E-state index in [9.17, 15) is 0 Å². The predicted molar refractivity (Wildman–Crippen MR) is 215 cm³/mol. The zero-order valence-corrected chi connectivity index (χ0v) is 33.6. The molecule has 0 heterocycles. The molecule has 0 fully saturated rings. The van der Waals surface area contributed by atoms with Crippen molar-refractivity contribution in [1.29, 1.82) is 0 Å². The molecule has 0 aromatic rings. The monoisotopic (exact) mass is 652 g/mol. The highest BCUT2D eigenvalue weighted by Gasteiger charge is 2.15. The molecule has 0 saturated carbocycles. The molecule has 0 aliphatic rings. The van der Waals surface area contributed by atoms with Crippen molar-refractivity contribution >= 4 is 7.26 Å². The highest BCUT2D eigenvalue weighted by atomic mass is 31.2. The summed E-state index contributed by atoms with van der Waals surface area (Å²) >= 11 is 0. The first kappa shape index (κ1) is 45.4. The van der Waals surface area contributed by atoms with Crippen LogP contribution in [0.5, 0.6) is 0 Å². The minimum absolute atomic E-state index is 0.522. The Morgan fingerprint density at radius 1 is 0.200 bits per heavy atom. The third-order valence-electron chi connectivity index (χ3n) is 10.4. The van der Waals surface area contributed by atoms with E-state index in [2.05, 4.69) is 26.9 Å². The topological polar surface area (TPSA) is 0 Å². The van der Waals surface area contributed by atoms with Gasteiger partial charge in [0.15, 0.2) is 0 Å². The lowest BCUT2D eigenvalue weighted by Crippen LogP contribution is -1.93. The van der Waals surface area contributed by atoms with Crippen molar-refractivity contribution in [3.05, 3.63) is 0 Å². The van der Waals surface area contributed by atoms with Crippen LogP contribution in [0.1, 0.15) is 257 Å². The molecule has 0 aliphatic carbocycles. The number of rotatable bonds is 40. The van der Waals surface area contributed by atoms with Gasteiger partial charge >= 0.3 is 0 Å². The molecule has 0 N–H and O–H groups in total. The molecule has 0 saturated heterocycles. The Bertz CT molecular complexity index is 506. The van der Waals surface area contributed by atoms with Crippen LogP contribution in [0, 0.1) is 0 Å². The molecular formula is C44H92P+. The largest absolute Gasteiger partial charge is 0.0654 e. The molecule has 0 atom stereocenters. The van der Waals surface area contributed by atoms with E-state index in [0.717, 1.165) is 0 Å². The van der Waals surface area contributed by atoms with Gasteiger partial charge in [-0.05, 0) is 12.8 Å². The van der Waals surface area contributed by atoms with E-state index < -0.39 is 7.26 Å². The Balaban J connectivity index is 3.05. The normalized spacial score (nSPS) is 12.0. The highest BCUT2D eigenvalue weighted by molar-refractivity contribution is 7.73. The molecule has 0 amide bonds. The summed E-state index contributed by atoms with van der Waals surface area (Å²) in [6.45, 7) is 9.76. The van der Waals surface area contributed by atoms with Crippen molar-refractivity contribution in [3.8, 4) is 0 Å². The second-order valence-corrected chi connectivity index (χ2v) is 21.5. The molecule has 0 bridgehead atoms. The van der Waals surface area contributed by atoms with Crippen molar-refractivity contribution in [3.63, 3.8) is 0 Å². The third-order valence-corrected chi connectivity index (χ3v) is 12.1. The van der Waals surface area contributed by atoms with Crippen LogP contribution in [0.3, 0.4) is 0 Å². The summed E-state index contributed by atoms with van der Waals surface area (Å²) in [6, 6.07) is 0. The van der Waals surface area contributed by atoms with Crippen LogP contribution in [0.4, 0.5) is 0 Å². The molecule has 45 heavy (non-hydrogen) atoms. The molecule has 0 nitrogen and oxygen atoms in total. The van der Waals surface area contributed by atoms with Gasteiger partial charge in [0.25, 0.3) is 0 Å². The molecule has 0 aliphatic heterocycles. The molecule has 1 heteroatoms. The zero-order valence-electron chi connectivity index (χ0n) is 32.7. The van der Waals surface area contributed by atoms with Gasteiger partial charge in [0, 0.05) is 27.3 Å². The summed E-state index contributed by atoms with van der Waals surface area (Å²) in [5.41, 5.74) is 0. The molecule has 0 rings (SSSR count). The summed E-state index contributed by atoms with van der Waals surface area (Å²) < 4.78 is 0. The van der Waals surface area contributed by atoms with Crippen LogP contribution < -0.4 is 0 Å². The van der Waals surface area contributed by atoms with E-state index in [1.807, 2.05) is 0 Å². The summed E-state index contributed by atoms with van der Waals surface area (Å²) in [5, 5.41) is 0. The Morgan fingerprint density at radius 2 is 0.333 bits per heavy atom. The van der Waals surface area contributed by atoms with Gasteiger partial charge in [-0.3, -0.25) is 0 Å². The maximum atomic E-state index is 2.48. The standard InChI is InChI=1S/C44H92P/c1-5-6-7-8-9-10-11-12-13-14-15-16-17-18-19-20-21-22-23-24-25-26-27-28-29-30-31-32-33-34-35-36-37-38-39-40-41-42-43-44-45(2,3)4/h5-44H2,1-4H3/q+1. The number of unbranched alkanes of at least 4 members (excludes halogenated alkanes) is 38. The SMILES string of the molecule is CCCCCCCCCCCCCCCCCCCCCCCCCCCCCCCCCCCCCCCCC[P+](C)(C)C. The third kappa shape index (κ3) is 44.4. The molecular weight excluding hydrogens is 559 g/mol. The van der Waals surface area contributed by atoms with Crippen LogP contribution in [-0.2, 0) is 0 Å². The maximum absolute atomic E-state index is 2.48. The van der Waals surface area contributed by atoms with Crippen LogP contribution in [-0.4, -0.2) is 26.2 Å². The molecule has 0 aromatic carbocycles. The second kappa shape index (κ2) is 38.9. The quantitative estimate of drug-likeness (QED) is 0.0457. The van der Waals surface area contributed by atoms with E-state index in [0.29, 0.717) is 0 Å². The first-order valence-electron chi connectivity index (χ1n) is 21.9. The Hall–Kier alpha value is 0.430. The number of hydrogen-bond acceptors (Lipinski definition) is 0. The lowest BCUT2D eigenvalue weighted by molar-refractivity contribution is 0.510. The second-order valence-electron chi connectivity index (χ2n) is 16.4. The predicted octanol–water partition coefficient (Wildman–Crippen LogP) is 17.1. The van der Waals surface area contributed by atoms with E-state index in [4.69, 9.17) is 0 Å². The maximum Gasteiger partial charge on any atom is 0.0586 e. The summed E-state index contributed by atoms with van der Waals surface area (Å²) in [5.74, 6) is 0. The zero-order chi connectivity index (χ0) is 32.8. The molecule has 0 radical (unpaired) electrons. The van der Waals surface area contributed by atoms with Crippen molar-refractivity contribution < 1.29 is 0 Å².